The van der Waals surface area contributed by atoms with Crippen LogP contribution in [0.1, 0.15) is 18.4 Å². The average Bonchev–Trinajstić information content (AvgIpc) is 3.16. The number of nitrogens with two attached hydrogens (primary N) is 3. The Morgan fingerprint density at radius 3 is 2.44 bits per heavy atom. The Hall–Kier alpha value is -3.64. The van der Waals surface area contributed by atoms with Crippen LogP contribution in [-0.4, -0.2) is 70.2 Å². The summed E-state index contributed by atoms with van der Waals surface area (Å²) in [5.74, 6) is -2.81. The van der Waals surface area contributed by atoms with Crippen LogP contribution in [0.4, 0.5) is 0 Å². The van der Waals surface area contributed by atoms with Crippen molar-refractivity contribution in [1.29, 1.82) is 0 Å². The normalized spacial score (nSPS) is 13.7. The molecule has 0 radical (unpaired) electrons. The highest BCUT2D eigenvalue weighted by Crippen LogP contribution is 2.19. The number of amides is 2. The Bertz CT molecular complexity index is 970. The van der Waals surface area contributed by atoms with Crippen LogP contribution in [0.2, 0.25) is 0 Å². The van der Waals surface area contributed by atoms with Crippen molar-refractivity contribution < 1.29 is 24.6 Å². The Kier molecular flexibility index (Phi) is 8.98. The first-order valence-electron chi connectivity index (χ1n) is 10.0. The van der Waals surface area contributed by atoms with Gasteiger partial charge in [0.25, 0.3) is 0 Å². The van der Waals surface area contributed by atoms with E-state index in [2.05, 4.69) is 20.6 Å². The Balaban J connectivity index is 1.96. The number of nitrogens with zero attached hydrogens (tertiary/aromatic N) is 1. The van der Waals surface area contributed by atoms with Gasteiger partial charge in [-0.1, -0.05) is 18.2 Å². The number of aliphatic carboxylic acids is 1. The summed E-state index contributed by atoms with van der Waals surface area (Å²) in [6.45, 7) is -0.431. The number of guanidine groups is 1. The van der Waals surface area contributed by atoms with Crippen LogP contribution < -0.4 is 27.8 Å². The molecule has 0 bridgehead atoms. The van der Waals surface area contributed by atoms with Crippen LogP contribution >= 0.6 is 0 Å². The van der Waals surface area contributed by atoms with Crippen molar-refractivity contribution >= 4 is 34.6 Å². The molecule has 1 aromatic carbocycles. The van der Waals surface area contributed by atoms with E-state index in [0.29, 0.717) is 18.5 Å². The minimum Gasteiger partial charge on any atom is -0.480 e. The zero-order valence-electron chi connectivity index (χ0n) is 17.5. The first kappa shape index (κ1) is 24.6. The molecule has 1 aromatic heterocycles. The number of aromatic amines is 1. The molecular formula is C20H29N7O5. The van der Waals surface area contributed by atoms with Crippen molar-refractivity contribution in [1.82, 2.24) is 15.6 Å². The van der Waals surface area contributed by atoms with Crippen molar-refractivity contribution in [2.24, 2.45) is 22.2 Å². The quantitative estimate of drug-likeness (QED) is 0.104. The van der Waals surface area contributed by atoms with Crippen molar-refractivity contribution in [3.8, 4) is 0 Å². The molecule has 174 valence electrons. The predicted molar refractivity (Wildman–Crippen MR) is 118 cm³/mol. The number of benzene rings is 1. The van der Waals surface area contributed by atoms with Gasteiger partial charge in [-0.15, -0.1) is 0 Å². The predicted octanol–water partition coefficient (Wildman–Crippen LogP) is -1.86. The summed E-state index contributed by atoms with van der Waals surface area (Å²) in [7, 11) is 0. The lowest BCUT2D eigenvalue weighted by Gasteiger charge is -2.21. The summed E-state index contributed by atoms with van der Waals surface area (Å²) < 4.78 is 0. The highest BCUT2D eigenvalue weighted by molar-refractivity contribution is 5.92. The summed E-state index contributed by atoms with van der Waals surface area (Å²) in [6.07, 6.45) is 2.38. The molecule has 1 heterocycles. The third kappa shape index (κ3) is 6.96. The third-order valence-electron chi connectivity index (χ3n) is 4.83. The molecule has 2 aromatic rings. The van der Waals surface area contributed by atoms with Gasteiger partial charge in [-0.05, 0) is 24.5 Å². The number of aromatic nitrogens is 1. The molecule has 0 saturated carbocycles. The third-order valence-corrected chi connectivity index (χ3v) is 4.83. The molecule has 12 heteroatoms. The van der Waals surface area contributed by atoms with Crippen LogP contribution in [0, 0.1) is 0 Å². The van der Waals surface area contributed by atoms with Crippen LogP contribution in [0.15, 0.2) is 35.5 Å². The molecular weight excluding hydrogens is 418 g/mol. The van der Waals surface area contributed by atoms with Crippen molar-refractivity contribution in [3.05, 3.63) is 36.0 Å². The van der Waals surface area contributed by atoms with Gasteiger partial charge in [-0.3, -0.25) is 14.6 Å². The van der Waals surface area contributed by atoms with Gasteiger partial charge in [0.2, 0.25) is 11.8 Å². The van der Waals surface area contributed by atoms with Gasteiger partial charge in [0, 0.05) is 30.1 Å². The van der Waals surface area contributed by atoms with Crippen molar-refractivity contribution in [2.75, 3.05) is 13.2 Å². The van der Waals surface area contributed by atoms with Gasteiger partial charge in [0.15, 0.2) is 5.96 Å². The molecule has 2 rings (SSSR count). The molecule has 0 spiro atoms. The standard InChI is InChI=1S/C20H29N7O5/c21-13(5-3-7-24-20(22)23)17(29)27-16(10-28)18(30)26-15(19(31)32)8-11-9-25-14-6-2-1-4-12(11)14/h1-2,4,6,9,13,15-16,25,28H,3,5,7-8,10,21H2,(H,26,30)(H,27,29)(H,31,32)(H4,22,23,24). The van der Waals surface area contributed by atoms with E-state index >= 15 is 0 Å². The number of rotatable bonds is 12. The maximum atomic E-state index is 12.5. The number of aliphatic hydroxyl groups is 1. The molecule has 3 unspecified atom stereocenters. The monoisotopic (exact) mass is 447 g/mol. The lowest BCUT2D eigenvalue weighted by molar-refractivity contribution is -0.142. The zero-order chi connectivity index (χ0) is 23.7. The van der Waals surface area contributed by atoms with E-state index in [9.17, 15) is 24.6 Å². The number of carboxylic acids is 1. The highest BCUT2D eigenvalue weighted by Gasteiger charge is 2.28. The smallest absolute Gasteiger partial charge is 0.326 e. The largest absolute Gasteiger partial charge is 0.480 e. The number of para-hydroxylation sites is 1. The van der Waals surface area contributed by atoms with Gasteiger partial charge in [0.05, 0.1) is 12.6 Å². The van der Waals surface area contributed by atoms with E-state index in [1.54, 1.807) is 6.20 Å². The van der Waals surface area contributed by atoms with E-state index in [1.807, 2.05) is 24.3 Å². The molecule has 32 heavy (non-hydrogen) atoms. The number of hydrogen-bond acceptors (Lipinski definition) is 6. The number of nitrogens with one attached hydrogen (secondary N) is 3. The van der Waals surface area contributed by atoms with Gasteiger partial charge < -0.3 is 43.0 Å². The van der Waals surface area contributed by atoms with E-state index in [4.69, 9.17) is 17.2 Å². The summed E-state index contributed by atoms with van der Waals surface area (Å²) in [5.41, 5.74) is 17.8. The second-order valence-corrected chi connectivity index (χ2v) is 7.26. The first-order valence-corrected chi connectivity index (χ1v) is 10.0. The topological polar surface area (TPSA) is 222 Å². The summed E-state index contributed by atoms with van der Waals surface area (Å²) in [4.78, 5) is 43.3. The number of carbonyl (C=O) groups is 3. The molecule has 0 saturated heterocycles. The first-order chi connectivity index (χ1) is 15.2. The SMILES string of the molecule is NC(N)=NCCCC(N)C(=O)NC(CO)C(=O)NC(Cc1c[nH]c2ccccc12)C(=O)O. The van der Waals surface area contributed by atoms with E-state index < -0.39 is 42.5 Å². The molecule has 0 aliphatic heterocycles. The molecule has 2 amide bonds. The number of aliphatic hydroxyl groups excluding tert-OH is 1. The zero-order valence-corrected chi connectivity index (χ0v) is 17.5. The summed E-state index contributed by atoms with van der Waals surface area (Å²) in [6, 6.07) is 3.80. The van der Waals surface area contributed by atoms with Crippen LogP contribution in [0.5, 0.6) is 0 Å². The molecule has 11 N–H and O–H groups in total. The lowest BCUT2D eigenvalue weighted by Crippen LogP contribution is -2.56. The van der Waals surface area contributed by atoms with E-state index in [0.717, 1.165) is 10.9 Å². The van der Waals surface area contributed by atoms with Crippen LogP contribution in [0.25, 0.3) is 10.9 Å². The van der Waals surface area contributed by atoms with Gasteiger partial charge in [-0.25, -0.2) is 4.79 Å². The Labute approximate surface area is 184 Å². The van der Waals surface area contributed by atoms with Crippen LogP contribution in [0.3, 0.4) is 0 Å². The fourth-order valence-electron chi connectivity index (χ4n) is 3.12. The maximum Gasteiger partial charge on any atom is 0.326 e. The number of H-pyrrole nitrogens is 1. The number of carbonyl (C=O) groups excluding carboxylic acids is 2. The molecule has 12 nitrogen and oxygen atoms in total. The number of aliphatic imine (C=N–C) groups is 1. The van der Waals surface area contributed by atoms with Gasteiger partial charge in [0.1, 0.15) is 12.1 Å². The summed E-state index contributed by atoms with van der Waals surface area (Å²) >= 11 is 0. The lowest BCUT2D eigenvalue weighted by atomic mass is 10.0. The second kappa shape index (κ2) is 11.7. The second-order valence-electron chi connectivity index (χ2n) is 7.26. The maximum absolute atomic E-state index is 12.5. The molecule has 3 atom stereocenters. The molecule has 0 aliphatic carbocycles. The molecule has 0 aliphatic rings. The fraction of sp³-hybridized carbons (Fsp3) is 0.400. The Morgan fingerprint density at radius 1 is 1.09 bits per heavy atom. The number of fused-ring (bicyclic) bond motifs is 1. The van der Waals surface area contributed by atoms with E-state index in [1.165, 1.54) is 0 Å². The molecule has 0 fully saturated rings. The minimum absolute atomic E-state index is 0.0154. The van der Waals surface area contributed by atoms with Crippen molar-refractivity contribution in [3.63, 3.8) is 0 Å². The number of hydrogen-bond donors (Lipinski definition) is 8. The fourth-order valence-corrected chi connectivity index (χ4v) is 3.12. The highest BCUT2D eigenvalue weighted by atomic mass is 16.4. The number of carboxylic acid groups (broad SMARTS) is 1. The van der Waals surface area contributed by atoms with Gasteiger partial charge in [-0.2, -0.15) is 0 Å². The minimum atomic E-state index is -1.35. The van der Waals surface area contributed by atoms with Gasteiger partial charge >= 0.3 is 5.97 Å². The van der Waals surface area contributed by atoms with Crippen molar-refractivity contribution in [2.45, 2.75) is 37.4 Å². The van der Waals surface area contributed by atoms with E-state index in [-0.39, 0.29) is 18.8 Å². The summed E-state index contributed by atoms with van der Waals surface area (Å²) in [5, 5.41) is 24.6. The Morgan fingerprint density at radius 2 is 1.78 bits per heavy atom. The van der Waals surface area contributed by atoms with Crippen LogP contribution in [-0.2, 0) is 20.8 Å². The average molecular weight is 447 g/mol.